The molecule has 0 unspecified atom stereocenters. The van der Waals surface area contributed by atoms with Gasteiger partial charge in [0, 0.05) is 30.2 Å². The second kappa shape index (κ2) is 5.01. The third-order valence-electron chi connectivity index (χ3n) is 2.30. The van der Waals surface area contributed by atoms with Crippen LogP contribution in [0.3, 0.4) is 0 Å². The SMILES string of the molecule is Cc1cc(C(=O)NCc2cc[nH]c2)cc(Cl)n1. The first-order chi connectivity index (χ1) is 8.15. The maximum atomic E-state index is 11.8. The third kappa shape index (κ3) is 3.07. The van der Waals surface area contributed by atoms with Crippen molar-refractivity contribution < 1.29 is 4.79 Å². The second-order valence-electron chi connectivity index (χ2n) is 3.72. The summed E-state index contributed by atoms with van der Waals surface area (Å²) in [7, 11) is 0. The van der Waals surface area contributed by atoms with E-state index >= 15 is 0 Å². The first-order valence-electron chi connectivity index (χ1n) is 5.19. The lowest BCUT2D eigenvalue weighted by Crippen LogP contribution is -2.22. The minimum Gasteiger partial charge on any atom is -0.367 e. The first-order valence-corrected chi connectivity index (χ1v) is 5.57. The number of halogens is 1. The van der Waals surface area contributed by atoms with Crippen molar-refractivity contribution in [1.29, 1.82) is 0 Å². The van der Waals surface area contributed by atoms with Gasteiger partial charge in [-0.25, -0.2) is 4.98 Å². The van der Waals surface area contributed by atoms with Gasteiger partial charge in [0.15, 0.2) is 0 Å². The molecule has 2 heterocycles. The van der Waals surface area contributed by atoms with Crippen LogP contribution in [0.15, 0.2) is 30.6 Å². The van der Waals surface area contributed by atoms with Crippen LogP contribution in [0.4, 0.5) is 0 Å². The molecule has 0 aliphatic carbocycles. The summed E-state index contributed by atoms with van der Waals surface area (Å²) < 4.78 is 0. The number of amides is 1. The molecule has 0 saturated carbocycles. The molecule has 0 radical (unpaired) electrons. The number of pyridine rings is 1. The van der Waals surface area contributed by atoms with E-state index in [1.807, 2.05) is 18.5 Å². The molecule has 1 amide bonds. The number of carbonyl (C=O) groups is 1. The summed E-state index contributed by atoms with van der Waals surface area (Å²) in [6, 6.07) is 5.17. The van der Waals surface area contributed by atoms with Crippen molar-refractivity contribution in [2.45, 2.75) is 13.5 Å². The number of hydrogen-bond donors (Lipinski definition) is 2. The highest BCUT2D eigenvalue weighted by Crippen LogP contribution is 2.10. The van der Waals surface area contributed by atoms with Crippen LogP contribution in [0.5, 0.6) is 0 Å². The van der Waals surface area contributed by atoms with Crippen LogP contribution in [0.2, 0.25) is 5.15 Å². The number of carbonyl (C=O) groups excluding carboxylic acids is 1. The Bertz CT molecular complexity index is 502. The van der Waals surface area contributed by atoms with Crippen molar-refractivity contribution in [3.63, 3.8) is 0 Å². The van der Waals surface area contributed by atoms with E-state index in [2.05, 4.69) is 15.3 Å². The molecule has 2 N–H and O–H groups in total. The Kier molecular flexibility index (Phi) is 3.44. The third-order valence-corrected chi connectivity index (χ3v) is 2.49. The van der Waals surface area contributed by atoms with E-state index < -0.39 is 0 Å². The van der Waals surface area contributed by atoms with E-state index in [0.717, 1.165) is 11.3 Å². The zero-order chi connectivity index (χ0) is 12.3. The molecule has 0 aliphatic rings. The van der Waals surface area contributed by atoms with Crippen LogP contribution in [0.1, 0.15) is 21.6 Å². The summed E-state index contributed by atoms with van der Waals surface area (Å²) in [6.07, 6.45) is 3.65. The highest BCUT2D eigenvalue weighted by Gasteiger charge is 2.07. The lowest BCUT2D eigenvalue weighted by molar-refractivity contribution is 0.0950. The summed E-state index contributed by atoms with van der Waals surface area (Å²) in [5.41, 5.74) is 2.28. The quantitative estimate of drug-likeness (QED) is 0.820. The number of hydrogen-bond acceptors (Lipinski definition) is 2. The molecule has 0 atom stereocenters. The zero-order valence-corrected chi connectivity index (χ0v) is 10.1. The Labute approximate surface area is 104 Å². The van der Waals surface area contributed by atoms with Crippen LogP contribution >= 0.6 is 11.6 Å². The van der Waals surface area contributed by atoms with Gasteiger partial charge in [0.2, 0.25) is 0 Å². The smallest absolute Gasteiger partial charge is 0.251 e. The second-order valence-corrected chi connectivity index (χ2v) is 4.11. The van der Waals surface area contributed by atoms with Crippen molar-refractivity contribution in [3.8, 4) is 0 Å². The van der Waals surface area contributed by atoms with Gasteiger partial charge in [0.1, 0.15) is 5.15 Å². The summed E-state index contributed by atoms with van der Waals surface area (Å²) in [4.78, 5) is 18.8. The van der Waals surface area contributed by atoms with Gasteiger partial charge in [-0.3, -0.25) is 4.79 Å². The van der Waals surface area contributed by atoms with Gasteiger partial charge in [0.25, 0.3) is 5.91 Å². The molecule has 4 nitrogen and oxygen atoms in total. The topological polar surface area (TPSA) is 57.8 Å². The molecule has 2 rings (SSSR count). The predicted octanol–water partition coefficient (Wildman–Crippen LogP) is 2.30. The van der Waals surface area contributed by atoms with Crippen molar-refractivity contribution in [2.75, 3.05) is 0 Å². The van der Waals surface area contributed by atoms with E-state index in [1.165, 1.54) is 0 Å². The molecule has 2 aromatic heterocycles. The normalized spacial score (nSPS) is 10.2. The average Bonchev–Trinajstić information content (AvgIpc) is 2.77. The molecule has 0 fully saturated rings. The molecule has 2 aromatic rings. The minimum atomic E-state index is -0.154. The fourth-order valence-electron chi connectivity index (χ4n) is 1.51. The van der Waals surface area contributed by atoms with Gasteiger partial charge in [0.05, 0.1) is 0 Å². The lowest BCUT2D eigenvalue weighted by atomic mass is 10.2. The lowest BCUT2D eigenvalue weighted by Gasteiger charge is -2.05. The molecule has 88 valence electrons. The highest BCUT2D eigenvalue weighted by molar-refractivity contribution is 6.29. The molecule has 0 saturated heterocycles. The molecule has 17 heavy (non-hydrogen) atoms. The van der Waals surface area contributed by atoms with E-state index in [0.29, 0.717) is 17.3 Å². The number of nitrogens with one attached hydrogen (secondary N) is 2. The summed E-state index contributed by atoms with van der Waals surface area (Å²) in [5, 5.41) is 3.14. The Morgan fingerprint density at radius 3 is 3.00 bits per heavy atom. The Morgan fingerprint density at radius 2 is 2.35 bits per heavy atom. The molecule has 0 bridgehead atoms. The van der Waals surface area contributed by atoms with Gasteiger partial charge in [-0.1, -0.05) is 11.6 Å². The van der Waals surface area contributed by atoms with Crippen LogP contribution in [-0.2, 0) is 6.54 Å². The summed E-state index contributed by atoms with van der Waals surface area (Å²) in [5.74, 6) is -0.154. The van der Waals surface area contributed by atoms with Crippen molar-refractivity contribution in [1.82, 2.24) is 15.3 Å². The molecule has 0 aliphatic heterocycles. The minimum absolute atomic E-state index is 0.154. The van der Waals surface area contributed by atoms with Crippen LogP contribution in [0.25, 0.3) is 0 Å². The monoisotopic (exact) mass is 249 g/mol. The highest BCUT2D eigenvalue weighted by atomic mass is 35.5. The maximum Gasteiger partial charge on any atom is 0.251 e. The fourth-order valence-corrected chi connectivity index (χ4v) is 1.76. The Morgan fingerprint density at radius 1 is 1.53 bits per heavy atom. The van der Waals surface area contributed by atoms with Gasteiger partial charge in [-0.15, -0.1) is 0 Å². The number of nitrogens with zero attached hydrogens (tertiary/aromatic N) is 1. The van der Waals surface area contributed by atoms with Crippen LogP contribution < -0.4 is 5.32 Å². The molecular formula is C12H12ClN3O. The fraction of sp³-hybridized carbons (Fsp3) is 0.167. The number of aryl methyl sites for hydroxylation is 1. The Balaban J connectivity index is 2.04. The van der Waals surface area contributed by atoms with Gasteiger partial charge >= 0.3 is 0 Å². The van der Waals surface area contributed by atoms with E-state index in [1.54, 1.807) is 19.1 Å². The predicted molar refractivity (Wildman–Crippen MR) is 65.9 cm³/mol. The van der Waals surface area contributed by atoms with Crippen LogP contribution in [-0.4, -0.2) is 15.9 Å². The number of aromatic nitrogens is 2. The van der Waals surface area contributed by atoms with Gasteiger partial charge < -0.3 is 10.3 Å². The van der Waals surface area contributed by atoms with E-state index in [4.69, 9.17) is 11.6 Å². The largest absolute Gasteiger partial charge is 0.367 e. The molecular weight excluding hydrogens is 238 g/mol. The van der Waals surface area contributed by atoms with E-state index in [9.17, 15) is 4.79 Å². The van der Waals surface area contributed by atoms with Crippen molar-refractivity contribution >= 4 is 17.5 Å². The maximum absolute atomic E-state index is 11.8. The molecule has 0 spiro atoms. The summed E-state index contributed by atoms with van der Waals surface area (Å²) in [6.45, 7) is 2.29. The molecule has 0 aromatic carbocycles. The number of rotatable bonds is 3. The Hall–Kier alpha value is -1.81. The van der Waals surface area contributed by atoms with Crippen molar-refractivity contribution in [3.05, 3.63) is 52.6 Å². The van der Waals surface area contributed by atoms with Crippen molar-refractivity contribution in [2.24, 2.45) is 0 Å². The van der Waals surface area contributed by atoms with Gasteiger partial charge in [-0.05, 0) is 30.7 Å². The van der Waals surface area contributed by atoms with E-state index in [-0.39, 0.29) is 5.91 Å². The average molecular weight is 250 g/mol. The van der Waals surface area contributed by atoms with Crippen LogP contribution in [0, 0.1) is 6.92 Å². The standard InChI is InChI=1S/C12H12ClN3O/c1-8-4-10(5-11(13)16-8)12(17)15-7-9-2-3-14-6-9/h2-6,14H,7H2,1H3,(H,15,17). The molecule has 5 heteroatoms. The zero-order valence-electron chi connectivity index (χ0n) is 9.33. The number of aromatic amines is 1. The summed E-state index contributed by atoms with van der Waals surface area (Å²) >= 11 is 5.80. The number of H-pyrrole nitrogens is 1. The van der Waals surface area contributed by atoms with Gasteiger partial charge in [-0.2, -0.15) is 0 Å². The first kappa shape index (κ1) is 11.7.